The molecule has 0 spiro atoms. The van der Waals surface area contributed by atoms with Crippen molar-refractivity contribution in [3.8, 4) is 0 Å². The first-order chi connectivity index (χ1) is 18.7. The van der Waals surface area contributed by atoms with Gasteiger partial charge in [-0.3, -0.25) is 0 Å². The Kier molecular flexibility index (Phi) is 9.23. The molecule has 1 fully saturated rings. The molecule has 0 aliphatic carbocycles. The van der Waals surface area contributed by atoms with E-state index in [9.17, 15) is 14.7 Å². The Morgan fingerprint density at radius 3 is 2.44 bits per heavy atom. The molecule has 3 aromatic rings. The van der Waals surface area contributed by atoms with Crippen LogP contribution in [0.4, 0.5) is 5.82 Å². The summed E-state index contributed by atoms with van der Waals surface area (Å²) in [5, 5.41) is 9.96. The highest BCUT2D eigenvalue weighted by Gasteiger charge is 2.52. The standard InChI is InChI=1S/C25H29Cl2N5O7/c1-3-36-22(34)25(23(35)37-4-2,10-14-8-6-5-7-9-14)38-12-16-19(33)17(26)15(39-16)11-32-13-29-18-20(28)30-24(27)31-21(18)32/h5-9,13,15-17,19,33H,3-4,10-12H2,1-2H3,(H2,28,30,31)/t15-,16+,17+,19+/m0/s1. The molecule has 0 amide bonds. The third kappa shape index (κ3) is 6.10. The average molecular weight is 582 g/mol. The molecule has 1 saturated heterocycles. The van der Waals surface area contributed by atoms with E-state index in [1.807, 2.05) is 6.07 Å². The fourth-order valence-corrected chi connectivity index (χ4v) is 4.82. The molecule has 14 heteroatoms. The summed E-state index contributed by atoms with van der Waals surface area (Å²) in [6.07, 6.45) is -1.54. The molecule has 0 unspecified atom stereocenters. The number of esters is 2. The van der Waals surface area contributed by atoms with Crippen LogP contribution in [0.5, 0.6) is 0 Å². The molecule has 0 saturated carbocycles. The lowest BCUT2D eigenvalue weighted by atomic mass is 9.93. The number of hydrogen-bond acceptors (Lipinski definition) is 11. The van der Waals surface area contributed by atoms with Crippen molar-refractivity contribution < 1.29 is 33.6 Å². The molecule has 12 nitrogen and oxygen atoms in total. The number of rotatable bonds is 11. The summed E-state index contributed by atoms with van der Waals surface area (Å²) in [5.41, 5.74) is 5.13. The van der Waals surface area contributed by atoms with E-state index in [4.69, 9.17) is 47.9 Å². The molecular weight excluding hydrogens is 553 g/mol. The van der Waals surface area contributed by atoms with Crippen molar-refractivity contribution >= 4 is 52.1 Å². The zero-order valence-electron chi connectivity index (χ0n) is 21.3. The molecule has 3 N–H and O–H groups in total. The Morgan fingerprint density at radius 1 is 1.13 bits per heavy atom. The normalized spacial score (nSPS) is 21.3. The molecule has 4 atom stereocenters. The topological polar surface area (TPSA) is 161 Å². The maximum atomic E-state index is 13.2. The summed E-state index contributed by atoms with van der Waals surface area (Å²) in [7, 11) is 0. The van der Waals surface area contributed by atoms with Gasteiger partial charge < -0.3 is 34.4 Å². The lowest BCUT2D eigenvalue weighted by molar-refractivity contribution is -0.196. The summed E-state index contributed by atoms with van der Waals surface area (Å²) >= 11 is 12.5. The number of alkyl halides is 1. The Bertz CT molecular complexity index is 1290. The van der Waals surface area contributed by atoms with Gasteiger partial charge in [0.1, 0.15) is 17.7 Å². The van der Waals surface area contributed by atoms with Gasteiger partial charge in [-0.2, -0.15) is 9.97 Å². The number of benzene rings is 1. The van der Waals surface area contributed by atoms with Crippen LogP contribution in [0.1, 0.15) is 19.4 Å². The van der Waals surface area contributed by atoms with Gasteiger partial charge >= 0.3 is 11.9 Å². The monoisotopic (exact) mass is 581 g/mol. The number of aliphatic hydroxyl groups excluding tert-OH is 1. The minimum Gasteiger partial charge on any atom is -0.463 e. The van der Waals surface area contributed by atoms with E-state index in [-0.39, 0.29) is 43.9 Å². The van der Waals surface area contributed by atoms with Gasteiger partial charge in [0.2, 0.25) is 5.28 Å². The number of hydrogen-bond donors (Lipinski definition) is 2. The fourth-order valence-electron chi connectivity index (χ4n) is 4.35. The van der Waals surface area contributed by atoms with Crippen LogP contribution in [0.2, 0.25) is 5.28 Å². The largest absolute Gasteiger partial charge is 0.463 e. The lowest BCUT2D eigenvalue weighted by Gasteiger charge is -2.30. The smallest absolute Gasteiger partial charge is 0.350 e. The second-order valence-electron chi connectivity index (χ2n) is 8.84. The van der Waals surface area contributed by atoms with Crippen LogP contribution in [0, 0.1) is 0 Å². The number of aliphatic hydroxyl groups is 1. The summed E-state index contributed by atoms with van der Waals surface area (Å²) in [6.45, 7) is 3.07. The molecule has 1 aliphatic rings. The number of halogens is 2. The summed E-state index contributed by atoms with van der Waals surface area (Å²) in [6, 6.07) is 8.85. The molecule has 4 rings (SSSR count). The summed E-state index contributed by atoms with van der Waals surface area (Å²) in [5.74, 6) is -1.69. The van der Waals surface area contributed by atoms with E-state index in [1.165, 1.54) is 6.33 Å². The van der Waals surface area contributed by atoms with E-state index in [0.29, 0.717) is 16.7 Å². The van der Waals surface area contributed by atoms with Crippen molar-refractivity contribution in [1.29, 1.82) is 0 Å². The number of imidazole rings is 1. The Morgan fingerprint density at radius 2 is 1.79 bits per heavy atom. The van der Waals surface area contributed by atoms with E-state index in [1.54, 1.807) is 42.7 Å². The predicted molar refractivity (Wildman–Crippen MR) is 141 cm³/mol. The first-order valence-corrected chi connectivity index (χ1v) is 13.1. The van der Waals surface area contributed by atoms with Crippen molar-refractivity contribution in [3.63, 3.8) is 0 Å². The van der Waals surface area contributed by atoms with Crippen molar-refractivity contribution in [1.82, 2.24) is 19.5 Å². The van der Waals surface area contributed by atoms with Crippen molar-refractivity contribution in [2.45, 2.75) is 56.1 Å². The van der Waals surface area contributed by atoms with Gasteiger partial charge in [-0.05, 0) is 31.0 Å². The number of ether oxygens (including phenoxy) is 4. The highest BCUT2D eigenvalue weighted by Crippen LogP contribution is 2.31. The van der Waals surface area contributed by atoms with Gasteiger partial charge in [0.05, 0.1) is 44.2 Å². The zero-order chi connectivity index (χ0) is 28.2. The predicted octanol–water partition coefficient (Wildman–Crippen LogP) is 1.92. The van der Waals surface area contributed by atoms with Gasteiger partial charge in [0.15, 0.2) is 11.5 Å². The van der Waals surface area contributed by atoms with Crippen LogP contribution in [-0.4, -0.2) is 85.7 Å². The van der Waals surface area contributed by atoms with Gasteiger partial charge in [-0.15, -0.1) is 11.6 Å². The number of aromatic nitrogens is 4. The first kappa shape index (κ1) is 29.0. The number of nitrogen functional groups attached to an aromatic ring is 1. The maximum absolute atomic E-state index is 13.2. The highest BCUT2D eigenvalue weighted by atomic mass is 35.5. The minimum atomic E-state index is -2.12. The molecule has 39 heavy (non-hydrogen) atoms. The quantitative estimate of drug-likeness (QED) is 0.147. The van der Waals surface area contributed by atoms with E-state index in [2.05, 4.69) is 15.0 Å². The second kappa shape index (κ2) is 12.4. The Labute approximate surface area is 234 Å². The summed E-state index contributed by atoms with van der Waals surface area (Å²) < 4.78 is 24.1. The molecule has 3 heterocycles. The number of fused-ring (bicyclic) bond motifs is 1. The SMILES string of the molecule is CCOC(=O)C(Cc1ccccc1)(OC[C@H]1O[C@@H](Cn2cnc3c(N)nc(Cl)nc32)[C@@H](Cl)[C@@H]1O)C(=O)OCC. The van der Waals surface area contributed by atoms with Crippen LogP contribution in [0.15, 0.2) is 36.7 Å². The maximum Gasteiger partial charge on any atom is 0.350 e. The van der Waals surface area contributed by atoms with Crippen LogP contribution in [0.25, 0.3) is 11.2 Å². The molecule has 0 bridgehead atoms. The zero-order valence-corrected chi connectivity index (χ0v) is 22.8. The lowest BCUT2D eigenvalue weighted by Crippen LogP contribution is -2.54. The number of nitrogens with two attached hydrogens (primary N) is 1. The van der Waals surface area contributed by atoms with E-state index < -0.39 is 41.2 Å². The average Bonchev–Trinajstić information content (AvgIpc) is 3.43. The van der Waals surface area contributed by atoms with Crippen LogP contribution in [-0.2, 0) is 41.5 Å². The van der Waals surface area contributed by atoms with Crippen LogP contribution >= 0.6 is 23.2 Å². The number of carbonyl (C=O) groups excluding carboxylic acids is 2. The van der Waals surface area contributed by atoms with Gasteiger partial charge in [0.25, 0.3) is 5.60 Å². The van der Waals surface area contributed by atoms with Crippen molar-refractivity contribution in [2.75, 3.05) is 25.6 Å². The number of nitrogens with zero attached hydrogens (tertiary/aromatic N) is 4. The number of anilines is 1. The van der Waals surface area contributed by atoms with Crippen molar-refractivity contribution in [2.24, 2.45) is 0 Å². The third-order valence-electron chi connectivity index (χ3n) is 6.25. The van der Waals surface area contributed by atoms with Gasteiger partial charge in [-0.25, -0.2) is 14.6 Å². The van der Waals surface area contributed by atoms with Gasteiger partial charge in [0, 0.05) is 6.42 Å². The van der Waals surface area contributed by atoms with Crippen LogP contribution < -0.4 is 5.73 Å². The Balaban J connectivity index is 1.55. The number of carbonyl (C=O) groups is 2. The van der Waals surface area contributed by atoms with E-state index >= 15 is 0 Å². The highest BCUT2D eigenvalue weighted by molar-refractivity contribution is 6.28. The first-order valence-electron chi connectivity index (χ1n) is 12.3. The van der Waals surface area contributed by atoms with E-state index in [0.717, 1.165) is 0 Å². The molecule has 210 valence electrons. The summed E-state index contributed by atoms with van der Waals surface area (Å²) in [4.78, 5) is 38.6. The molecular formula is C25H29Cl2N5O7. The van der Waals surface area contributed by atoms with Crippen LogP contribution in [0.3, 0.4) is 0 Å². The van der Waals surface area contributed by atoms with Gasteiger partial charge in [-0.1, -0.05) is 30.3 Å². The molecule has 1 aromatic carbocycles. The second-order valence-corrected chi connectivity index (χ2v) is 9.68. The van der Waals surface area contributed by atoms with Crippen molar-refractivity contribution in [3.05, 3.63) is 47.5 Å². The molecule has 1 aliphatic heterocycles. The molecule has 0 radical (unpaired) electrons. The fraction of sp³-hybridized carbons (Fsp3) is 0.480. The Hall–Kier alpha value is -3.03. The third-order valence-corrected chi connectivity index (χ3v) is 6.96. The molecule has 2 aromatic heterocycles. The minimum absolute atomic E-state index is 0.0173.